The van der Waals surface area contributed by atoms with Crippen molar-refractivity contribution in [3.8, 4) is 0 Å². The van der Waals surface area contributed by atoms with Crippen molar-refractivity contribution in [2.75, 3.05) is 17.6 Å². The van der Waals surface area contributed by atoms with Gasteiger partial charge in [0.05, 0.1) is 10.6 Å². The highest BCUT2D eigenvalue weighted by molar-refractivity contribution is 7.91. The Labute approximate surface area is 158 Å². The second-order valence-corrected chi connectivity index (χ2v) is 9.22. The number of nitrogens with zero attached hydrogens (tertiary/aromatic N) is 1. The molecule has 0 atom stereocenters. The molecule has 2 N–H and O–H groups in total. The first-order valence-electron chi connectivity index (χ1n) is 9.04. The van der Waals surface area contributed by atoms with Crippen molar-refractivity contribution in [1.82, 2.24) is 10.2 Å². The van der Waals surface area contributed by atoms with Crippen LogP contribution in [0, 0.1) is 0 Å². The van der Waals surface area contributed by atoms with E-state index < -0.39 is 27.3 Å². The van der Waals surface area contributed by atoms with E-state index >= 15 is 0 Å². The van der Waals surface area contributed by atoms with E-state index in [1.54, 1.807) is 6.92 Å². The SMILES string of the molecule is CCS(=O)(=O)c1ccc(NC(=O)CN2C(=O)NC3(CCCCC3)C2=O)cc1. The van der Waals surface area contributed by atoms with Gasteiger partial charge in [0.15, 0.2) is 9.84 Å². The summed E-state index contributed by atoms with van der Waals surface area (Å²) in [4.78, 5) is 38.2. The summed E-state index contributed by atoms with van der Waals surface area (Å²) in [6.45, 7) is 1.18. The summed E-state index contributed by atoms with van der Waals surface area (Å²) in [6.07, 6.45) is 3.99. The third-order valence-corrected chi connectivity index (χ3v) is 6.88. The third-order valence-electron chi connectivity index (χ3n) is 5.13. The molecule has 1 heterocycles. The zero-order valence-corrected chi connectivity index (χ0v) is 16.0. The number of anilines is 1. The van der Waals surface area contributed by atoms with Crippen molar-refractivity contribution in [2.24, 2.45) is 0 Å². The van der Waals surface area contributed by atoms with E-state index in [1.165, 1.54) is 24.3 Å². The van der Waals surface area contributed by atoms with Gasteiger partial charge in [0.25, 0.3) is 5.91 Å². The molecule has 1 saturated heterocycles. The maximum Gasteiger partial charge on any atom is 0.325 e. The van der Waals surface area contributed by atoms with Crippen LogP contribution in [0.3, 0.4) is 0 Å². The van der Waals surface area contributed by atoms with Gasteiger partial charge in [-0.25, -0.2) is 13.2 Å². The minimum absolute atomic E-state index is 0.00730. The van der Waals surface area contributed by atoms with Crippen molar-refractivity contribution in [2.45, 2.75) is 49.5 Å². The molecule has 0 radical (unpaired) electrons. The van der Waals surface area contributed by atoms with Gasteiger partial charge in [0.1, 0.15) is 12.1 Å². The van der Waals surface area contributed by atoms with Crippen molar-refractivity contribution < 1.29 is 22.8 Å². The fourth-order valence-corrected chi connectivity index (χ4v) is 4.45. The van der Waals surface area contributed by atoms with E-state index in [-0.39, 0.29) is 23.1 Å². The van der Waals surface area contributed by atoms with Crippen LogP contribution in [0.15, 0.2) is 29.2 Å². The van der Waals surface area contributed by atoms with Crippen LogP contribution in [-0.2, 0) is 19.4 Å². The third kappa shape index (κ3) is 3.83. The Hall–Kier alpha value is -2.42. The lowest BCUT2D eigenvalue weighted by atomic mass is 9.82. The fourth-order valence-electron chi connectivity index (χ4n) is 3.57. The number of rotatable bonds is 5. The first-order chi connectivity index (χ1) is 12.8. The van der Waals surface area contributed by atoms with Crippen LogP contribution in [-0.4, -0.2) is 49.0 Å². The van der Waals surface area contributed by atoms with Gasteiger partial charge < -0.3 is 10.6 Å². The van der Waals surface area contributed by atoms with Crippen LogP contribution in [0.1, 0.15) is 39.0 Å². The number of carbonyl (C=O) groups excluding carboxylic acids is 3. The molecule has 9 heteroatoms. The predicted molar refractivity (Wildman–Crippen MR) is 98.9 cm³/mol. The molecule has 4 amide bonds. The summed E-state index contributed by atoms with van der Waals surface area (Å²) >= 11 is 0. The Morgan fingerprint density at radius 2 is 1.78 bits per heavy atom. The number of hydrogen-bond acceptors (Lipinski definition) is 5. The van der Waals surface area contributed by atoms with Gasteiger partial charge in [-0.3, -0.25) is 14.5 Å². The Bertz CT molecular complexity index is 857. The highest BCUT2D eigenvalue weighted by Gasteiger charge is 2.51. The van der Waals surface area contributed by atoms with Crippen molar-refractivity contribution in [3.63, 3.8) is 0 Å². The number of amides is 4. The van der Waals surface area contributed by atoms with Crippen LogP contribution in [0.4, 0.5) is 10.5 Å². The monoisotopic (exact) mass is 393 g/mol. The molecule has 1 saturated carbocycles. The molecular formula is C18H23N3O5S. The number of imide groups is 1. The van der Waals surface area contributed by atoms with Crippen LogP contribution >= 0.6 is 0 Å². The smallest absolute Gasteiger partial charge is 0.325 e. The molecule has 0 bridgehead atoms. The number of carbonyl (C=O) groups is 3. The molecule has 8 nitrogen and oxygen atoms in total. The van der Waals surface area contributed by atoms with Gasteiger partial charge >= 0.3 is 6.03 Å². The molecule has 3 rings (SSSR count). The summed E-state index contributed by atoms with van der Waals surface area (Å²) in [7, 11) is -3.31. The minimum atomic E-state index is -3.31. The Balaban J connectivity index is 1.64. The lowest BCUT2D eigenvalue weighted by Crippen LogP contribution is -2.48. The van der Waals surface area contributed by atoms with Crippen LogP contribution in [0.5, 0.6) is 0 Å². The number of urea groups is 1. The first kappa shape index (κ1) is 19.3. The molecule has 1 aromatic carbocycles. The predicted octanol–water partition coefficient (Wildman–Crippen LogP) is 1.67. The largest absolute Gasteiger partial charge is 0.325 e. The highest BCUT2D eigenvalue weighted by Crippen LogP contribution is 2.33. The zero-order valence-electron chi connectivity index (χ0n) is 15.2. The average molecular weight is 393 g/mol. The molecule has 0 aromatic heterocycles. The average Bonchev–Trinajstić information content (AvgIpc) is 2.87. The Morgan fingerprint density at radius 3 is 2.37 bits per heavy atom. The van der Waals surface area contributed by atoms with Gasteiger partial charge in [0, 0.05) is 5.69 Å². The first-order valence-corrected chi connectivity index (χ1v) is 10.7. The van der Waals surface area contributed by atoms with Gasteiger partial charge in [-0.2, -0.15) is 0 Å². The summed E-state index contributed by atoms with van der Waals surface area (Å²) < 4.78 is 23.6. The minimum Gasteiger partial charge on any atom is -0.325 e. The topological polar surface area (TPSA) is 113 Å². The van der Waals surface area contributed by atoms with Crippen LogP contribution in [0.2, 0.25) is 0 Å². The van der Waals surface area contributed by atoms with Crippen LogP contribution in [0.25, 0.3) is 0 Å². The molecular weight excluding hydrogens is 370 g/mol. The van der Waals surface area contributed by atoms with E-state index in [0.717, 1.165) is 24.2 Å². The van der Waals surface area contributed by atoms with E-state index in [1.807, 2.05) is 0 Å². The fraction of sp³-hybridized carbons (Fsp3) is 0.500. The van der Waals surface area contributed by atoms with E-state index in [0.29, 0.717) is 18.5 Å². The summed E-state index contributed by atoms with van der Waals surface area (Å²) in [6, 6.07) is 5.25. The Kier molecular flexibility index (Phi) is 5.23. The second kappa shape index (κ2) is 7.30. The molecule has 2 aliphatic rings. The number of sulfone groups is 1. The lowest BCUT2D eigenvalue weighted by molar-refractivity contribution is -0.134. The van der Waals surface area contributed by atoms with Crippen molar-refractivity contribution >= 4 is 33.4 Å². The summed E-state index contributed by atoms with van der Waals surface area (Å²) in [5.74, 6) is -0.865. The normalized spacial score (nSPS) is 19.2. The van der Waals surface area contributed by atoms with E-state index in [4.69, 9.17) is 0 Å². The van der Waals surface area contributed by atoms with Crippen LogP contribution < -0.4 is 10.6 Å². The highest BCUT2D eigenvalue weighted by atomic mass is 32.2. The maximum atomic E-state index is 12.7. The second-order valence-electron chi connectivity index (χ2n) is 6.94. The molecule has 2 fully saturated rings. The molecule has 146 valence electrons. The van der Waals surface area contributed by atoms with Crippen molar-refractivity contribution in [3.05, 3.63) is 24.3 Å². The standard InChI is InChI=1S/C18H23N3O5S/c1-2-27(25,26)14-8-6-13(7-9-14)19-15(22)12-21-16(23)18(20-17(21)24)10-4-3-5-11-18/h6-9H,2-5,10-12H2,1H3,(H,19,22)(H,20,24). The van der Waals surface area contributed by atoms with Crippen molar-refractivity contribution in [1.29, 1.82) is 0 Å². The van der Waals surface area contributed by atoms with Gasteiger partial charge in [-0.15, -0.1) is 0 Å². The molecule has 1 aliphatic heterocycles. The van der Waals surface area contributed by atoms with Gasteiger partial charge in [-0.1, -0.05) is 26.2 Å². The molecule has 1 spiro atoms. The Morgan fingerprint density at radius 1 is 1.15 bits per heavy atom. The zero-order chi connectivity index (χ0) is 19.7. The maximum absolute atomic E-state index is 12.7. The molecule has 27 heavy (non-hydrogen) atoms. The molecule has 1 aliphatic carbocycles. The number of benzene rings is 1. The number of nitrogens with one attached hydrogen (secondary N) is 2. The van der Waals surface area contributed by atoms with E-state index in [2.05, 4.69) is 10.6 Å². The van der Waals surface area contributed by atoms with Gasteiger partial charge in [-0.05, 0) is 37.1 Å². The van der Waals surface area contributed by atoms with E-state index in [9.17, 15) is 22.8 Å². The lowest BCUT2D eigenvalue weighted by Gasteiger charge is -2.30. The molecule has 0 unspecified atom stereocenters. The van der Waals surface area contributed by atoms with Gasteiger partial charge in [0.2, 0.25) is 5.91 Å². The number of hydrogen-bond donors (Lipinski definition) is 2. The molecule has 1 aromatic rings. The summed E-state index contributed by atoms with van der Waals surface area (Å²) in [5, 5.41) is 5.35. The quantitative estimate of drug-likeness (QED) is 0.739. The summed E-state index contributed by atoms with van der Waals surface area (Å²) in [5.41, 5.74) is -0.458.